The summed E-state index contributed by atoms with van der Waals surface area (Å²) in [5, 5.41) is 9.08. The first-order chi connectivity index (χ1) is 9.55. The fraction of sp³-hybridized carbons (Fsp3) is 0.833. The highest BCUT2D eigenvalue weighted by molar-refractivity contribution is 5.87. The smallest absolute Gasteiger partial charge is 0.407 e. The molecule has 0 spiro atoms. The van der Waals surface area contributed by atoms with E-state index in [1.54, 1.807) is 0 Å². The lowest BCUT2D eigenvalue weighted by atomic mass is 9.80. The van der Waals surface area contributed by atoms with Gasteiger partial charge in [0.15, 0.2) is 0 Å². The fourth-order valence-electron chi connectivity index (χ4n) is 2.13. The zero-order valence-corrected chi connectivity index (χ0v) is 11.8. The van der Waals surface area contributed by atoms with E-state index in [1.807, 2.05) is 0 Å². The van der Waals surface area contributed by atoms with Gasteiger partial charge in [-0.1, -0.05) is 0 Å². The second-order valence-electron chi connectivity index (χ2n) is 4.67. The standard InChI is InChI=1S/C12H21NO7/c1-17-8-19-6-12(7-20-9-18-2)5-13(11(15)16)4-3-10(12)14/h3-9H2,1-2H3,(H,15,16). The van der Waals surface area contributed by atoms with Crippen molar-refractivity contribution >= 4 is 11.9 Å². The first kappa shape index (κ1) is 16.8. The van der Waals surface area contributed by atoms with E-state index in [4.69, 9.17) is 24.1 Å². The summed E-state index contributed by atoms with van der Waals surface area (Å²) >= 11 is 0. The van der Waals surface area contributed by atoms with Gasteiger partial charge in [-0.15, -0.1) is 0 Å². The SMILES string of the molecule is COCOCC1(COCOC)CN(C(=O)O)CCC1=O. The third kappa shape index (κ3) is 4.41. The molecule has 8 heteroatoms. The molecule has 0 aromatic rings. The molecule has 20 heavy (non-hydrogen) atoms. The van der Waals surface area contributed by atoms with Gasteiger partial charge in [0.2, 0.25) is 0 Å². The van der Waals surface area contributed by atoms with Crippen molar-refractivity contribution in [2.75, 3.05) is 54.1 Å². The van der Waals surface area contributed by atoms with Crippen LogP contribution in [-0.4, -0.2) is 76.0 Å². The molecule has 1 saturated heterocycles. The van der Waals surface area contributed by atoms with E-state index in [9.17, 15) is 9.59 Å². The van der Waals surface area contributed by atoms with E-state index < -0.39 is 11.5 Å². The molecule has 8 nitrogen and oxygen atoms in total. The molecule has 1 fully saturated rings. The minimum atomic E-state index is -1.06. The Hall–Kier alpha value is -1.22. The average molecular weight is 291 g/mol. The van der Waals surface area contributed by atoms with Gasteiger partial charge < -0.3 is 29.0 Å². The van der Waals surface area contributed by atoms with Gasteiger partial charge in [0.05, 0.1) is 18.6 Å². The van der Waals surface area contributed by atoms with Crippen LogP contribution >= 0.6 is 0 Å². The zero-order valence-electron chi connectivity index (χ0n) is 11.8. The van der Waals surface area contributed by atoms with E-state index in [2.05, 4.69) is 0 Å². The maximum absolute atomic E-state index is 12.2. The highest BCUT2D eigenvalue weighted by Gasteiger charge is 2.44. The molecule has 116 valence electrons. The molecule has 0 bridgehead atoms. The first-order valence-electron chi connectivity index (χ1n) is 6.20. The first-order valence-corrected chi connectivity index (χ1v) is 6.20. The molecule has 1 amide bonds. The van der Waals surface area contributed by atoms with Crippen molar-refractivity contribution in [3.05, 3.63) is 0 Å². The molecule has 1 heterocycles. The van der Waals surface area contributed by atoms with Gasteiger partial charge in [-0.2, -0.15) is 0 Å². The van der Waals surface area contributed by atoms with Crippen LogP contribution in [0.2, 0.25) is 0 Å². The summed E-state index contributed by atoms with van der Waals surface area (Å²) in [4.78, 5) is 24.5. The van der Waals surface area contributed by atoms with Gasteiger partial charge in [-0.05, 0) is 0 Å². The van der Waals surface area contributed by atoms with Gasteiger partial charge in [0, 0.05) is 33.7 Å². The summed E-state index contributed by atoms with van der Waals surface area (Å²) in [6.45, 7) is 0.415. The molecule has 0 aliphatic carbocycles. The quantitative estimate of drug-likeness (QED) is 0.503. The van der Waals surface area contributed by atoms with Gasteiger partial charge >= 0.3 is 6.09 Å². The van der Waals surface area contributed by atoms with Crippen LogP contribution in [0.15, 0.2) is 0 Å². The Morgan fingerprint density at radius 1 is 1.25 bits per heavy atom. The van der Waals surface area contributed by atoms with Gasteiger partial charge in [-0.25, -0.2) is 4.79 Å². The highest BCUT2D eigenvalue weighted by atomic mass is 16.7. The van der Waals surface area contributed by atoms with E-state index in [0.717, 1.165) is 0 Å². The van der Waals surface area contributed by atoms with Crippen LogP contribution in [0.5, 0.6) is 0 Å². The van der Waals surface area contributed by atoms with Crippen LogP contribution in [0, 0.1) is 5.41 Å². The third-order valence-electron chi connectivity index (χ3n) is 3.12. The largest absolute Gasteiger partial charge is 0.465 e. The zero-order chi connectivity index (χ0) is 15.0. The summed E-state index contributed by atoms with van der Waals surface area (Å²) < 4.78 is 20.1. The molecule has 0 radical (unpaired) electrons. The lowest BCUT2D eigenvalue weighted by Gasteiger charge is -2.39. The maximum atomic E-state index is 12.2. The Bertz CT molecular complexity index is 324. The number of piperidine rings is 1. The number of hydrogen-bond acceptors (Lipinski definition) is 6. The number of ether oxygens (including phenoxy) is 4. The predicted molar refractivity (Wildman–Crippen MR) is 67.3 cm³/mol. The fourth-order valence-corrected chi connectivity index (χ4v) is 2.13. The summed E-state index contributed by atoms with van der Waals surface area (Å²) in [5.41, 5.74) is -1.01. The monoisotopic (exact) mass is 291 g/mol. The van der Waals surface area contributed by atoms with Crippen molar-refractivity contribution in [3.63, 3.8) is 0 Å². The van der Waals surface area contributed by atoms with Crippen LogP contribution in [0.3, 0.4) is 0 Å². The third-order valence-corrected chi connectivity index (χ3v) is 3.12. The van der Waals surface area contributed by atoms with Crippen molar-refractivity contribution in [2.24, 2.45) is 5.41 Å². The second kappa shape index (κ2) is 8.15. The number of hydrogen-bond donors (Lipinski definition) is 1. The molecule has 1 aliphatic rings. The Balaban J connectivity index is 2.75. The van der Waals surface area contributed by atoms with Gasteiger partial charge in [0.1, 0.15) is 19.4 Å². The number of rotatable bonds is 8. The van der Waals surface area contributed by atoms with Crippen molar-refractivity contribution in [3.8, 4) is 0 Å². The minimum absolute atomic E-state index is 0.0341. The molecule has 1 rings (SSSR count). The molecule has 0 aromatic heterocycles. The maximum Gasteiger partial charge on any atom is 0.407 e. The number of nitrogens with zero attached hydrogens (tertiary/aromatic N) is 1. The number of ketones is 1. The molecule has 0 unspecified atom stereocenters. The van der Waals surface area contributed by atoms with Crippen molar-refractivity contribution < 1.29 is 33.6 Å². The molecule has 1 aliphatic heterocycles. The van der Waals surface area contributed by atoms with Crippen molar-refractivity contribution in [2.45, 2.75) is 6.42 Å². The molecular formula is C12H21NO7. The number of likely N-dealkylation sites (tertiary alicyclic amines) is 1. The van der Waals surface area contributed by atoms with Crippen LogP contribution in [-0.2, 0) is 23.7 Å². The summed E-state index contributed by atoms with van der Waals surface area (Å²) in [6, 6.07) is 0. The number of methoxy groups -OCH3 is 2. The van der Waals surface area contributed by atoms with Gasteiger partial charge in [-0.3, -0.25) is 4.79 Å². The van der Waals surface area contributed by atoms with Crippen LogP contribution in [0.1, 0.15) is 6.42 Å². The number of carbonyl (C=O) groups is 2. The van der Waals surface area contributed by atoms with Crippen molar-refractivity contribution in [1.29, 1.82) is 0 Å². The Morgan fingerprint density at radius 3 is 2.25 bits per heavy atom. The topological polar surface area (TPSA) is 94.5 Å². The molecule has 0 atom stereocenters. The second-order valence-corrected chi connectivity index (χ2v) is 4.67. The lowest BCUT2D eigenvalue weighted by molar-refractivity contribution is -0.155. The Labute approximate surface area is 117 Å². The molecule has 0 saturated carbocycles. The lowest BCUT2D eigenvalue weighted by Crippen LogP contribution is -2.55. The number of carboxylic acid groups (broad SMARTS) is 1. The van der Waals surface area contributed by atoms with E-state index in [-0.39, 0.29) is 52.1 Å². The van der Waals surface area contributed by atoms with E-state index in [1.165, 1.54) is 19.1 Å². The van der Waals surface area contributed by atoms with Crippen LogP contribution in [0.4, 0.5) is 4.79 Å². The highest BCUT2D eigenvalue weighted by Crippen LogP contribution is 2.28. The molecular weight excluding hydrogens is 270 g/mol. The summed E-state index contributed by atoms with van der Waals surface area (Å²) in [6.07, 6.45) is -0.903. The average Bonchev–Trinajstić information content (AvgIpc) is 2.42. The van der Waals surface area contributed by atoms with E-state index >= 15 is 0 Å². The number of amides is 1. The van der Waals surface area contributed by atoms with Crippen LogP contribution < -0.4 is 0 Å². The van der Waals surface area contributed by atoms with E-state index in [0.29, 0.717) is 0 Å². The Morgan fingerprint density at radius 2 is 1.80 bits per heavy atom. The summed E-state index contributed by atoms with van der Waals surface area (Å²) in [5.74, 6) is -0.0674. The number of Topliss-reactive ketones (excluding diaryl/α,β-unsaturated/α-hetero) is 1. The number of carbonyl (C=O) groups excluding carboxylic acids is 1. The van der Waals surface area contributed by atoms with Gasteiger partial charge in [0.25, 0.3) is 0 Å². The summed E-state index contributed by atoms with van der Waals surface area (Å²) in [7, 11) is 2.95. The van der Waals surface area contributed by atoms with Crippen LogP contribution in [0.25, 0.3) is 0 Å². The molecule has 0 aromatic carbocycles. The minimum Gasteiger partial charge on any atom is -0.465 e. The Kier molecular flexibility index (Phi) is 6.86. The predicted octanol–water partition coefficient (Wildman–Crippen LogP) is 0.167. The molecule has 1 N–H and O–H groups in total. The van der Waals surface area contributed by atoms with Crippen molar-refractivity contribution in [1.82, 2.24) is 4.90 Å². The normalized spacial score (nSPS) is 18.3.